The first-order chi connectivity index (χ1) is 7.41. The van der Waals surface area contributed by atoms with Crippen molar-refractivity contribution in [2.45, 2.75) is 27.2 Å². The molecule has 0 bridgehead atoms. The van der Waals surface area contributed by atoms with E-state index in [0.29, 0.717) is 17.5 Å². The minimum absolute atomic E-state index is 0.0927. The van der Waals surface area contributed by atoms with E-state index in [-0.39, 0.29) is 22.9 Å². The molecular formula is C14H16O2. The van der Waals surface area contributed by atoms with Crippen molar-refractivity contribution < 1.29 is 9.59 Å². The van der Waals surface area contributed by atoms with Crippen molar-refractivity contribution >= 4 is 11.6 Å². The third kappa shape index (κ3) is 1.69. The lowest BCUT2D eigenvalue weighted by Crippen LogP contribution is -2.35. The fourth-order valence-corrected chi connectivity index (χ4v) is 2.22. The minimum Gasteiger partial charge on any atom is -0.294 e. The molecule has 0 saturated heterocycles. The molecule has 2 heteroatoms. The van der Waals surface area contributed by atoms with Gasteiger partial charge < -0.3 is 0 Å². The summed E-state index contributed by atoms with van der Waals surface area (Å²) in [7, 11) is 0. The Morgan fingerprint density at radius 2 is 1.62 bits per heavy atom. The molecule has 1 atom stereocenters. The van der Waals surface area contributed by atoms with Crippen LogP contribution < -0.4 is 0 Å². The largest absolute Gasteiger partial charge is 0.294 e. The first-order valence-electron chi connectivity index (χ1n) is 5.57. The van der Waals surface area contributed by atoms with E-state index >= 15 is 0 Å². The van der Waals surface area contributed by atoms with Crippen LogP contribution in [0.15, 0.2) is 24.3 Å². The fourth-order valence-electron chi connectivity index (χ4n) is 2.22. The molecule has 0 aliphatic heterocycles. The van der Waals surface area contributed by atoms with Gasteiger partial charge in [-0.15, -0.1) is 0 Å². The number of rotatable bonds is 0. The summed E-state index contributed by atoms with van der Waals surface area (Å²) in [6.45, 7) is 6.03. The zero-order valence-corrected chi connectivity index (χ0v) is 9.91. The summed E-state index contributed by atoms with van der Waals surface area (Å²) in [6, 6.07) is 7.12. The maximum atomic E-state index is 12.3. The van der Waals surface area contributed by atoms with Crippen LogP contribution in [0.1, 0.15) is 47.9 Å². The first-order valence-corrected chi connectivity index (χ1v) is 5.57. The van der Waals surface area contributed by atoms with Gasteiger partial charge in [0.25, 0.3) is 0 Å². The summed E-state index contributed by atoms with van der Waals surface area (Å²) < 4.78 is 0. The van der Waals surface area contributed by atoms with Crippen molar-refractivity contribution in [3.05, 3.63) is 35.4 Å². The van der Waals surface area contributed by atoms with E-state index < -0.39 is 0 Å². The predicted octanol–water partition coefficient (Wildman–Crippen LogP) is 3.12. The number of ketones is 2. The van der Waals surface area contributed by atoms with Crippen LogP contribution in [0.4, 0.5) is 0 Å². The second-order valence-electron chi connectivity index (χ2n) is 5.46. The molecule has 0 aromatic heterocycles. The Morgan fingerprint density at radius 3 is 2.19 bits per heavy atom. The van der Waals surface area contributed by atoms with Gasteiger partial charge in [-0.25, -0.2) is 0 Å². The highest BCUT2D eigenvalue weighted by atomic mass is 16.1. The first kappa shape index (κ1) is 11.1. The van der Waals surface area contributed by atoms with E-state index in [1.807, 2.05) is 26.8 Å². The second-order valence-corrected chi connectivity index (χ2v) is 5.46. The number of benzene rings is 1. The molecule has 1 aliphatic carbocycles. The van der Waals surface area contributed by atoms with Gasteiger partial charge >= 0.3 is 0 Å². The smallest absolute Gasteiger partial charge is 0.167 e. The van der Waals surface area contributed by atoms with Crippen molar-refractivity contribution in [3.8, 4) is 0 Å². The molecule has 0 saturated carbocycles. The molecule has 1 aromatic carbocycles. The molecule has 0 fully saturated rings. The summed E-state index contributed by atoms with van der Waals surface area (Å²) >= 11 is 0. The van der Waals surface area contributed by atoms with E-state index in [1.54, 1.807) is 18.2 Å². The molecule has 1 unspecified atom stereocenters. The van der Waals surface area contributed by atoms with Gasteiger partial charge in [-0.3, -0.25) is 9.59 Å². The molecule has 2 nitrogen and oxygen atoms in total. The Morgan fingerprint density at radius 1 is 1.06 bits per heavy atom. The van der Waals surface area contributed by atoms with Gasteiger partial charge in [0.1, 0.15) is 0 Å². The minimum atomic E-state index is -0.185. The maximum Gasteiger partial charge on any atom is 0.167 e. The molecule has 84 valence electrons. The molecule has 1 aromatic rings. The molecule has 0 heterocycles. The van der Waals surface area contributed by atoms with Crippen LogP contribution in [0.25, 0.3) is 0 Å². The second kappa shape index (κ2) is 3.55. The summed E-state index contributed by atoms with van der Waals surface area (Å²) in [6.07, 6.45) is 0.347. The average Bonchev–Trinajstić information content (AvgIpc) is 2.22. The van der Waals surface area contributed by atoms with E-state index in [2.05, 4.69) is 0 Å². The highest BCUT2D eigenvalue weighted by Gasteiger charge is 2.38. The third-order valence-corrected chi connectivity index (χ3v) is 3.24. The molecule has 0 amide bonds. The number of Topliss-reactive ketones (excluding diaryl/α,β-unsaturated/α-hetero) is 2. The summed E-state index contributed by atoms with van der Waals surface area (Å²) in [5.41, 5.74) is 1.03. The zero-order valence-electron chi connectivity index (χ0n) is 9.91. The lowest BCUT2D eigenvalue weighted by molar-refractivity contribution is 0.0716. The lowest BCUT2D eigenvalue weighted by Gasteiger charge is -2.32. The Balaban J connectivity index is 2.50. The number of fused-ring (bicyclic) bond motifs is 1. The molecular weight excluding hydrogens is 200 g/mol. The van der Waals surface area contributed by atoms with Crippen LogP contribution >= 0.6 is 0 Å². The normalized spacial score (nSPS) is 20.8. The molecule has 0 radical (unpaired) electrons. The van der Waals surface area contributed by atoms with Crippen LogP contribution in [0.5, 0.6) is 0 Å². The summed E-state index contributed by atoms with van der Waals surface area (Å²) in [5, 5.41) is 0. The average molecular weight is 216 g/mol. The lowest BCUT2D eigenvalue weighted by atomic mass is 9.69. The van der Waals surface area contributed by atoms with Gasteiger partial charge in [-0.1, -0.05) is 45.0 Å². The van der Waals surface area contributed by atoms with Crippen molar-refractivity contribution in [3.63, 3.8) is 0 Å². The monoisotopic (exact) mass is 216 g/mol. The van der Waals surface area contributed by atoms with Crippen LogP contribution in [-0.2, 0) is 0 Å². The highest BCUT2D eigenvalue weighted by Crippen LogP contribution is 2.36. The van der Waals surface area contributed by atoms with Crippen LogP contribution in [-0.4, -0.2) is 11.6 Å². The molecule has 0 spiro atoms. The van der Waals surface area contributed by atoms with Crippen molar-refractivity contribution in [1.82, 2.24) is 0 Å². The van der Waals surface area contributed by atoms with Crippen molar-refractivity contribution in [1.29, 1.82) is 0 Å². The summed E-state index contributed by atoms with van der Waals surface area (Å²) in [4.78, 5) is 24.2. The molecule has 2 rings (SSSR count). The standard InChI is InChI=1S/C14H16O2/c1-14(2,3)11-8-12(15)9-6-4-5-7-10(9)13(11)16/h4-7,11H,8H2,1-3H3. The van der Waals surface area contributed by atoms with Gasteiger partial charge in [-0.2, -0.15) is 0 Å². The van der Waals surface area contributed by atoms with E-state index in [1.165, 1.54) is 0 Å². The van der Waals surface area contributed by atoms with E-state index in [0.717, 1.165) is 0 Å². The van der Waals surface area contributed by atoms with Gasteiger partial charge in [0.05, 0.1) is 0 Å². The SMILES string of the molecule is CC(C)(C)C1CC(=O)c2ccccc2C1=O. The third-order valence-electron chi connectivity index (χ3n) is 3.24. The number of carbonyl (C=O) groups excluding carboxylic acids is 2. The maximum absolute atomic E-state index is 12.3. The number of hydrogen-bond acceptors (Lipinski definition) is 2. The molecule has 16 heavy (non-hydrogen) atoms. The van der Waals surface area contributed by atoms with Gasteiger partial charge in [0.15, 0.2) is 11.6 Å². The fraction of sp³-hybridized carbons (Fsp3) is 0.429. The zero-order chi connectivity index (χ0) is 11.9. The Hall–Kier alpha value is -1.44. The Labute approximate surface area is 95.7 Å². The van der Waals surface area contributed by atoms with Gasteiger partial charge in [-0.05, 0) is 5.41 Å². The van der Waals surface area contributed by atoms with Crippen LogP contribution in [0, 0.1) is 11.3 Å². The molecule has 1 aliphatic rings. The molecule has 0 N–H and O–H groups in total. The van der Waals surface area contributed by atoms with Gasteiger partial charge in [0, 0.05) is 23.5 Å². The van der Waals surface area contributed by atoms with E-state index in [4.69, 9.17) is 0 Å². The highest BCUT2D eigenvalue weighted by molar-refractivity contribution is 6.15. The van der Waals surface area contributed by atoms with Crippen molar-refractivity contribution in [2.75, 3.05) is 0 Å². The topological polar surface area (TPSA) is 34.1 Å². The van der Waals surface area contributed by atoms with Crippen molar-refractivity contribution in [2.24, 2.45) is 11.3 Å². The quantitative estimate of drug-likeness (QED) is 0.667. The van der Waals surface area contributed by atoms with Crippen LogP contribution in [0.3, 0.4) is 0 Å². The Kier molecular flexibility index (Phi) is 2.45. The van der Waals surface area contributed by atoms with E-state index in [9.17, 15) is 9.59 Å². The predicted molar refractivity (Wildman–Crippen MR) is 62.7 cm³/mol. The number of carbonyl (C=O) groups is 2. The van der Waals surface area contributed by atoms with Gasteiger partial charge in [0.2, 0.25) is 0 Å². The van der Waals surface area contributed by atoms with Crippen LogP contribution in [0.2, 0.25) is 0 Å². The summed E-state index contributed by atoms with van der Waals surface area (Å²) in [5.74, 6) is 0.0210. The number of hydrogen-bond donors (Lipinski definition) is 0. The Bertz CT molecular complexity index is 452.